The zero-order chi connectivity index (χ0) is 64.1. The summed E-state index contributed by atoms with van der Waals surface area (Å²) in [5.41, 5.74) is 0. The van der Waals surface area contributed by atoms with Gasteiger partial charge in [0.1, 0.15) is 13.2 Å². The zero-order valence-corrected chi connectivity index (χ0v) is 59.0. The maximum absolute atomic E-state index is 13.0. The van der Waals surface area contributed by atoms with Gasteiger partial charge in [0.2, 0.25) is 5.91 Å². The maximum Gasteiger partial charge on any atom is 0.268 e. The molecule has 0 aliphatic carbocycles. The molecule has 0 aromatic carbocycles. The summed E-state index contributed by atoms with van der Waals surface area (Å²) < 4.78 is 23.5. The lowest BCUT2D eigenvalue weighted by Crippen LogP contribution is -2.45. The summed E-state index contributed by atoms with van der Waals surface area (Å²) in [5, 5.41) is 14.0. The summed E-state index contributed by atoms with van der Waals surface area (Å²) in [6, 6.07) is -0.911. The van der Waals surface area contributed by atoms with Crippen molar-refractivity contribution in [2.45, 2.75) is 334 Å². The lowest BCUT2D eigenvalue weighted by Gasteiger charge is -2.29. The molecule has 9 heteroatoms. The second-order valence-corrected chi connectivity index (χ2v) is 27.3. The highest BCUT2D eigenvalue weighted by Crippen LogP contribution is 2.38. The van der Waals surface area contributed by atoms with Crippen LogP contribution >= 0.6 is 7.82 Å². The summed E-state index contributed by atoms with van der Waals surface area (Å²) >= 11 is 0. The van der Waals surface area contributed by atoms with Gasteiger partial charge in [-0.05, 0) is 96.3 Å². The molecule has 0 aliphatic heterocycles. The van der Waals surface area contributed by atoms with Gasteiger partial charge in [-0.1, -0.05) is 341 Å². The molecule has 0 aromatic heterocycles. The van der Waals surface area contributed by atoms with Gasteiger partial charge in [-0.25, -0.2) is 0 Å². The number of likely N-dealkylation sites (N-methyl/N-ethyl adjacent to an activating group) is 1. The van der Waals surface area contributed by atoms with E-state index < -0.39 is 26.6 Å². The number of aliphatic hydroxyl groups is 1. The highest BCUT2D eigenvalue weighted by Gasteiger charge is 2.23. The fraction of sp³-hybridized carbons (Fsp3) is 0.734. The van der Waals surface area contributed by atoms with E-state index in [2.05, 4.69) is 129 Å². The first-order chi connectivity index (χ1) is 43.0. The number of allylic oxidation sites excluding steroid dienone is 19. The second kappa shape index (κ2) is 68.3. The summed E-state index contributed by atoms with van der Waals surface area (Å²) in [7, 11) is 1.24. The van der Waals surface area contributed by atoms with Gasteiger partial charge < -0.3 is 28.8 Å². The molecular formula is C79H141N2O6P. The van der Waals surface area contributed by atoms with Gasteiger partial charge in [-0.2, -0.15) is 0 Å². The number of nitrogens with one attached hydrogen (secondary N) is 1. The first-order valence-corrected chi connectivity index (χ1v) is 38.4. The average molecular weight is 1250 g/mol. The average Bonchev–Trinajstić information content (AvgIpc) is 3.71. The van der Waals surface area contributed by atoms with Crippen molar-refractivity contribution in [3.05, 3.63) is 122 Å². The summed E-state index contributed by atoms with van der Waals surface area (Å²) in [6.45, 7) is 4.54. The van der Waals surface area contributed by atoms with Crippen molar-refractivity contribution < 1.29 is 32.9 Å². The quantitative estimate of drug-likeness (QED) is 0.0272. The minimum atomic E-state index is -4.62. The van der Waals surface area contributed by atoms with Crippen molar-refractivity contribution in [1.82, 2.24) is 5.32 Å². The normalized spacial score (nSPS) is 14.3. The Morgan fingerprint density at radius 1 is 0.409 bits per heavy atom. The van der Waals surface area contributed by atoms with E-state index in [1.807, 2.05) is 27.2 Å². The number of phosphoric ester groups is 1. The summed E-state index contributed by atoms with van der Waals surface area (Å²) in [6.07, 6.45) is 102. The van der Waals surface area contributed by atoms with Crippen LogP contribution in [0, 0.1) is 0 Å². The van der Waals surface area contributed by atoms with E-state index in [0.29, 0.717) is 17.4 Å². The molecule has 0 aromatic rings. The highest BCUT2D eigenvalue weighted by atomic mass is 31.2. The number of nitrogens with zero attached hydrogens (tertiary/aromatic N) is 1. The van der Waals surface area contributed by atoms with Crippen LogP contribution in [0.15, 0.2) is 122 Å². The van der Waals surface area contributed by atoms with Crippen molar-refractivity contribution in [2.75, 3.05) is 40.9 Å². The molecule has 0 bridgehead atoms. The fourth-order valence-corrected chi connectivity index (χ4v) is 11.2. The first kappa shape index (κ1) is 84.9. The van der Waals surface area contributed by atoms with E-state index in [1.165, 1.54) is 212 Å². The molecule has 1 amide bonds. The van der Waals surface area contributed by atoms with E-state index in [9.17, 15) is 19.4 Å². The molecule has 0 aliphatic rings. The minimum Gasteiger partial charge on any atom is -0.756 e. The molecule has 88 heavy (non-hydrogen) atoms. The number of carbonyl (C=O) groups excluding carboxylic acids is 1. The number of aliphatic hydroxyl groups excluding tert-OH is 1. The number of carbonyl (C=O) groups is 1. The smallest absolute Gasteiger partial charge is 0.268 e. The second-order valence-electron chi connectivity index (χ2n) is 25.9. The zero-order valence-electron chi connectivity index (χ0n) is 58.1. The number of hydrogen-bond acceptors (Lipinski definition) is 6. The third-order valence-electron chi connectivity index (χ3n) is 16.2. The molecule has 3 unspecified atom stereocenters. The van der Waals surface area contributed by atoms with Crippen LogP contribution in [0.25, 0.3) is 0 Å². The molecular weight excluding hydrogens is 1100 g/mol. The number of quaternary nitrogens is 1. The standard InChI is InChI=1S/C79H141N2O6P/c1-6-8-10-12-14-16-18-20-22-24-26-28-30-32-33-34-35-36-37-38-39-40-41-42-43-44-45-46-47-49-51-53-55-57-59-61-63-65-67-69-71-73-79(83)80-77(76-87-88(84,85)86-75-74-81(3,4)5)78(82)72-70-68-66-64-62-60-58-56-54-52-50-48-31-29-27-25-23-21-19-17-15-13-11-9-7-2/h8,10,14,16,20,22,26,28,32-33,35-36,38-39,41-42,62,64,70,72,77-78,82H,6-7,9,11-13,15,17-19,21,23-25,27,29-31,34,37,40,43-61,63,65-69,71,73-76H2,1-5H3,(H-,80,83,84,85)/b10-8-,16-14-,22-20-,28-26-,33-32-,36-35-,39-38-,42-41-,64-62+,72-70+. The predicted molar refractivity (Wildman–Crippen MR) is 385 cm³/mol. The Hall–Kier alpha value is -3.10. The first-order valence-electron chi connectivity index (χ1n) is 36.9. The lowest BCUT2D eigenvalue weighted by molar-refractivity contribution is -0.870. The molecule has 0 rings (SSSR count). The number of unbranched alkanes of at least 4 members (excludes halogenated alkanes) is 36. The van der Waals surface area contributed by atoms with Gasteiger partial charge in [0, 0.05) is 6.42 Å². The van der Waals surface area contributed by atoms with E-state index in [1.54, 1.807) is 6.08 Å². The van der Waals surface area contributed by atoms with Gasteiger partial charge in [0.15, 0.2) is 0 Å². The van der Waals surface area contributed by atoms with Gasteiger partial charge in [0.05, 0.1) is 39.9 Å². The Morgan fingerprint density at radius 3 is 1.06 bits per heavy atom. The third kappa shape index (κ3) is 70.4. The largest absolute Gasteiger partial charge is 0.756 e. The number of amides is 1. The number of phosphoric acid groups is 1. The Bertz CT molecular complexity index is 1850. The molecule has 0 spiro atoms. The Balaban J connectivity index is 4.06. The Kier molecular flexibility index (Phi) is 65.9. The van der Waals surface area contributed by atoms with Gasteiger partial charge in [-0.3, -0.25) is 9.36 Å². The Morgan fingerprint density at radius 2 is 0.705 bits per heavy atom. The number of rotatable bonds is 67. The fourth-order valence-electron chi connectivity index (χ4n) is 10.5. The topological polar surface area (TPSA) is 108 Å². The summed E-state index contributed by atoms with van der Waals surface area (Å²) in [5.74, 6) is -0.207. The van der Waals surface area contributed by atoms with Crippen molar-refractivity contribution in [3.63, 3.8) is 0 Å². The third-order valence-corrected chi connectivity index (χ3v) is 17.1. The van der Waals surface area contributed by atoms with Crippen LogP contribution in [-0.2, 0) is 18.4 Å². The predicted octanol–water partition coefficient (Wildman–Crippen LogP) is 23.4. The van der Waals surface area contributed by atoms with Crippen LogP contribution in [0.4, 0.5) is 0 Å². The SMILES string of the molecule is CC/C=C\C/C=C\C/C=C\C/C=C\C/C=C\C/C=C\C/C=C\C/C=C\CCCCCCCCCCCCCCCCCCC(=O)NC(COP(=O)([O-])OCC[N+](C)(C)C)C(O)/C=C/CC/C=C/CCCCCCCCCCCCCCCCCCCCC. The minimum absolute atomic E-state index is 0.00947. The molecule has 0 saturated carbocycles. The lowest BCUT2D eigenvalue weighted by atomic mass is 10.0. The van der Waals surface area contributed by atoms with Crippen molar-refractivity contribution in [3.8, 4) is 0 Å². The summed E-state index contributed by atoms with van der Waals surface area (Å²) in [4.78, 5) is 25.7. The van der Waals surface area contributed by atoms with Gasteiger partial charge in [-0.15, -0.1) is 0 Å². The van der Waals surface area contributed by atoms with E-state index in [4.69, 9.17) is 9.05 Å². The van der Waals surface area contributed by atoms with Gasteiger partial charge in [0.25, 0.3) is 7.82 Å². The van der Waals surface area contributed by atoms with E-state index in [0.717, 1.165) is 89.9 Å². The van der Waals surface area contributed by atoms with Crippen LogP contribution in [0.3, 0.4) is 0 Å². The molecule has 8 nitrogen and oxygen atoms in total. The number of hydrogen-bond donors (Lipinski definition) is 2. The van der Waals surface area contributed by atoms with Crippen LogP contribution in [0.1, 0.15) is 322 Å². The van der Waals surface area contributed by atoms with Gasteiger partial charge >= 0.3 is 0 Å². The molecule has 0 saturated heterocycles. The van der Waals surface area contributed by atoms with Crippen molar-refractivity contribution >= 4 is 13.7 Å². The molecule has 0 heterocycles. The molecule has 508 valence electrons. The molecule has 0 radical (unpaired) electrons. The van der Waals surface area contributed by atoms with Crippen LogP contribution in [0.2, 0.25) is 0 Å². The monoisotopic (exact) mass is 1250 g/mol. The van der Waals surface area contributed by atoms with E-state index >= 15 is 0 Å². The highest BCUT2D eigenvalue weighted by molar-refractivity contribution is 7.45. The van der Waals surface area contributed by atoms with Crippen molar-refractivity contribution in [1.29, 1.82) is 0 Å². The Labute approximate surface area is 545 Å². The maximum atomic E-state index is 13.0. The van der Waals surface area contributed by atoms with Crippen LogP contribution < -0.4 is 10.2 Å². The van der Waals surface area contributed by atoms with Crippen molar-refractivity contribution in [2.24, 2.45) is 0 Å². The van der Waals surface area contributed by atoms with E-state index in [-0.39, 0.29) is 12.5 Å². The molecule has 3 atom stereocenters. The van der Waals surface area contributed by atoms with Crippen LogP contribution in [-0.4, -0.2) is 68.5 Å². The molecule has 2 N–H and O–H groups in total. The van der Waals surface area contributed by atoms with Crippen LogP contribution in [0.5, 0.6) is 0 Å². The molecule has 0 fully saturated rings.